The molecular weight excluding hydrogens is 416 g/mol. The molecule has 0 atom stereocenters. The molecular formula is C26H22N4O3. The zero-order valence-corrected chi connectivity index (χ0v) is 17.8. The first-order chi connectivity index (χ1) is 16.2. The second-order valence-corrected chi connectivity index (χ2v) is 7.23. The summed E-state index contributed by atoms with van der Waals surface area (Å²) in [5.41, 5.74) is 3.49. The van der Waals surface area contributed by atoms with Gasteiger partial charge in [0.15, 0.2) is 0 Å². The van der Waals surface area contributed by atoms with Gasteiger partial charge in [-0.3, -0.25) is 14.6 Å². The number of nitrogens with one attached hydrogen (secondary N) is 2. The summed E-state index contributed by atoms with van der Waals surface area (Å²) in [6.45, 7) is 0.678. The minimum atomic E-state index is -0.242. The van der Waals surface area contributed by atoms with Gasteiger partial charge >= 0.3 is 0 Å². The first kappa shape index (κ1) is 21.7. The van der Waals surface area contributed by atoms with Crippen molar-refractivity contribution in [2.75, 3.05) is 5.32 Å². The second kappa shape index (κ2) is 10.7. The van der Waals surface area contributed by atoms with E-state index in [9.17, 15) is 9.59 Å². The van der Waals surface area contributed by atoms with Crippen LogP contribution >= 0.6 is 0 Å². The summed E-state index contributed by atoms with van der Waals surface area (Å²) in [4.78, 5) is 33.0. The Balaban J connectivity index is 1.33. The van der Waals surface area contributed by atoms with E-state index in [1.807, 2.05) is 48.5 Å². The van der Waals surface area contributed by atoms with E-state index in [1.165, 1.54) is 0 Å². The summed E-state index contributed by atoms with van der Waals surface area (Å²) in [7, 11) is 0. The van der Waals surface area contributed by atoms with Crippen molar-refractivity contribution in [3.05, 3.63) is 120 Å². The summed E-state index contributed by atoms with van der Waals surface area (Å²) < 4.78 is 5.70. The van der Waals surface area contributed by atoms with Crippen LogP contribution in [0.1, 0.15) is 31.8 Å². The maximum absolute atomic E-state index is 12.6. The number of anilines is 1. The van der Waals surface area contributed by atoms with Gasteiger partial charge in [0.05, 0.1) is 0 Å². The number of rotatable bonds is 8. The van der Waals surface area contributed by atoms with Gasteiger partial charge in [-0.2, -0.15) is 0 Å². The first-order valence-electron chi connectivity index (χ1n) is 10.4. The van der Waals surface area contributed by atoms with E-state index in [1.54, 1.807) is 48.9 Å². The van der Waals surface area contributed by atoms with Crippen LogP contribution in [-0.4, -0.2) is 21.8 Å². The van der Waals surface area contributed by atoms with Gasteiger partial charge in [0.25, 0.3) is 11.8 Å². The quantitative estimate of drug-likeness (QED) is 0.429. The van der Waals surface area contributed by atoms with Crippen LogP contribution in [0.2, 0.25) is 0 Å². The molecule has 4 aromatic rings. The molecule has 0 saturated heterocycles. The molecule has 0 saturated carbocycles. The van der Waals surface area contributed by atoms with Crippen molar-refractivity contribution in [2.24, 2.45) is 0 Å². The van der Waals surface area contributed by atoms with Gasteiger partial charge in [0.2, 0.25) is 5.88 Å². The van der Waals surface area contributed by atoms with Gasteiger partial charge in [-0.15, -0.1) is 0 Å². The van der Waals surface area contributed by atoms with Gasteiger partial charge < -0.3 is 15.4 Å². The highest BCUT2D eigenvalue weighted by atomic mass is 16.5. The zero-order chi connectivity index (χ0) is 22.9. The molecule has 0 aliphatic carbocycles. The lowest BCUT2D eigenvalue weighted by Gasteiger charge is -2.10. The Bertz CT molecular complexity index is 1230. The summed E-state index contributed by atoms with van der Waals surface area (Å²) in [5, 5.41) is 5.73. The molecule has 7 heteroatoms. The zero-order valence-electron chi connectivity index (χ0n) is 17.8. The molecule has 0 spiro atoms. The van der Waals surface area contributed by atoms with Crippen LogP contribution in [0.5, 0.6) is 5.88 Å². The van der Waals surface area contributed by atoms with Gasteiger partial charge in [0, 0.05) is 48.0 Å². The van der Waals surface area contributed by atoms with Crippen LogP contribution in [0, 0.1) is 0 Å². The van der Waals surface area contributed by atoms with Gasteiger partial charge in [0.1, 0.15) is 6.61 Å². The van der Waals surface area contributed by atoms with E-state index in [4.69, 9.17) is 4.74 Å². The Labute approximate surface area is 191 Å². The van der Waals surface area contributed by atoms with E-state index in [-0.39, 0.29) is 11.8 Å². The van der Waals surface area contributed by atoms with Crippen LogP contribution in [0.15, 0.2) is 97.5 Å². The lowest BCUT2D eigenvalue weighted by molar-refractivity contribution is 0.0949. The molecule has 2 aromatic carbocycles. The van der Waals surface area contributed by atoms with Crippen molar-refractivity contribution < 1.29 is 14.3 Å². The van der Waals surface area contributed by atoms with Crippen LogP contribution in [0.4, 0.5) is 5.69 Å². The number of nitrogens with zero attached hydrogens (tertiary/aromatic N) is 2. The fraction of sp³-hybridized carbons (Fsp3) is 0.0769. The molecule has 4 rings (SSSR count). The number of ether oxygens (including phenoxy) is 1. The second-order valence-electron chi connectivity index (χ2n) is 7.23. The molecule has 164 valence electrons. The maximum Gasteiger partial charge on any atom is 0.255 e. The van der Waals surface area contributed by atoms with E-state index in [2.05, 4.69) is 20.6 Å². The van der Waals surface area contributed by atoms with Crippen molar-refractivity contribution in [1.82, 2.24) is 15.3 Å². The highest BCUT2D eigenvalue weighted by Gasteiger charge is 2.09. The van der Waals surface area contributed by atoms with Crippen LogP contribution in [-0.2, 0) is 13.2 Å². The largest absolute Gasteiger partial charge is 0.473 e. The number of hydrogen-bond donors (Lipinski definition) is 2. The Kier molecular flexibility index (Phi) is 7.02. The number of hydrogen-bond acceptors (Lipinski definition) is 5. The average molecular weight is 438 g/mol. The topological polar surface area (TPSA) is 93.2 Å². The molecule has 2 heterocycles. The molecule has 0 unspecified atom stereocenters. The fourth-order valence-corrected chi connectivity index (χ4v) is 3.11. The highest BCUT2D eigenvalue weighted by Crippen LogP contribution is 2.14. The minimum Gasteiger partial charge on any atom is -0.473 e. The van der Waals surface area contributed by atoms with E-state index >= 15 is 0 Å². The Hall–Kier alpha value is -4.52. The standard InChI is InChI=1S/C26H22N4O3/c31-25(22-11-14-28-24(16-22)33-18-19-5-2-1-3-6-19)29-17-20-7-4-8-23(15-20)30-26(32)21-9-12-27-13-10-21/h1-16H,17-18H2,(H,29,31)(H,30,32). The molecule has 0 aliphatic heterocycles. The summed E-state index contributed by atoms with van der Waals surface area (Å²) in [5.74, 6) is -0.0843. The van der Waals surface area contributed by atoms with Crippen molar-refractivity contribution in [2.45, 2.75) is 13.2 Å². The third kappa shape index (κ3) is 6.24. The van der Waals surface area contributed by atoms with E-state index in [0.29, 0.717) is 35.8 Å². The first-order valence-corrected chi connectivity index (χ1v) is 10.4. The normalized spacial score (nSPS) is 10.3. The number of amides is 2. The molecule has 2 N–H and O–H groups in total. The molecule has 0 aliphatic rings. The van der Waals surface area contributed by atoms with E-state index in [0.717, 1.165) is 11.1 Å². The van der Waals surface area contributed by atoms with Crippen molar-refractivity contribution >= 4 is 17.5 Å². The average Bonchev–Trinajstić information content (AvgIpc) is 2.87. The maximum atomic E-state index is 12.6. The number of pyridine rings is 2. The highest BCUT2D eigenvalue weighted by molar-refractivity contribution is 6.04. The summed E-state index contributed by atoms with van der Waals surface area (Å²) in [6.07, 6.45) is 4.68. The lowest BCUT2D eigenvalue weighted by atomic mass is 10.1. The Morgan fingerprint density at radius 3 is 2.33 bits per heavy atom. The van der Waals surface area contributed by atoms with Gasteiger partial charge in [-0.1, -0.05) is 42.5 Å². The van der Waals surface area contributed by atoms with Crippen molar-refractivity contribution in [1.29, 1.82) is 0 Å². The minimum absolute atomic E-state index is 0.224. The summed E-state index contributed by atoms with van der Waals surface area (Å²) >= 11 is 0. The van der Waals surface area contributed by atoms with Crippen LogP contribution in [0.25, 0.3) is 0 Å². The molecule has 0 bridgehead atoms. The Morgan fingerprint density at radius 1 is 0.758 bits per heavy atom. The molecule has 0 fully saturated rings. The predicted molar refractivity (Wildman–Crippen MR) is 125 cm³/mol. The fourth-order valence-electron chi connectivity index (χ4n) is 3.11. The molecule has 33 heavy (non-hydrogen) atoms. The number of carbonyl (C=O) groups is 2. The number of benzene rings is 2. The third-order valence-electron chi connectivity index (χ3n) is 4.81. The van der Waals surface area contributed by atoms with Crippen molar-refractivity contribution in [3.63, 3.8) is 0 Å². The SMILES string of the molecule is O=C(NCc1cccc(NC(=O)c2ccncc2)c1)c1ccnc(OCc2ccccc2)c1. The molecule has 2 aromatic heterocycles. The van der Waals surface area contributed by atoms with Gasteiger partial charge in [-0.25, -0.2) is 4.98 Å². The monoisotopic (exact) mass is 438 g/mol. The number of aromatic nitrogens is 2. The van der Waals surface area contributed by atoms with Gasteiger partial charge in [-0.05, 0) is 41.5 Å². The van der Waals surface area contributed by atoms with Crippen LogP contribution in [0.3, 0.4) is 0 Å². The summed E-state index contributed by atoms with van der Waals surface area (Å²) in [6, 6.07) is 23.6. The Morgan fingerprint density at radius 2 is 1.52 bits per heavy atom. The molecule has 7 nitrogen and oxygen atoms in total. The predicted octanol–water partition coefficient (Wildman–Crippen LogP) is 4.24. The smallest absolute Gasteiger partial charge is 0.255 e. The van der Waals surface area contributed by atoms with Crippen LogP contribution < -0.4 is 15.4 Å². The lowest BCUT2D eigenvalue weighted by Crippen LogP contribution is -2.23. The molecule has 2 amide bonds. The molecule has 0 radical (unpaired) electrons. The van der Waals surface area contributed by atoms with Crippen molar-refractivity contribution in [3.8, 4) is 5.88 Å². The number of carbonyl (C=O) groups excluding carboxylic acids is 2. The third-order valence-corrected chi connectivity index (χ3v) is 4.81. The van der Waals surface area contributed by atoms with E-state index < -0.39 is 0 Å².